The van der Waals surface area contributed by atoms with E-state index in [4.69, 9.17) is 0 Å². The summed E-state index contributed by atoms with van der Waals surface area (Å²) in [4.78, 5) is 11.5. The predicted octanol–water partition coefficient (Wildman–Crippen LogP) is 1.66. The molecule has 0 aromatic heterocycles. The van der Waals surface area contributed by atoms with E-state index in [1.165, 1.54) is 6.42 Å². The van der Waals surface area contributed by atoms with Crippen LogP contribution in [0.1, 0.15) is 44.9 Å². The zero-order valence-electron chi connectivity index (χ0n) is 7.38. The fourth-order valence-corrected chi connectivity index (χ4v) is 2.51. The molecule has 3 rings (SSSR count). The van der Waals surface area contributed by atoms with Crippen molar-refractivity contribution in [1.82, 2.24) is 0 Å². The third kappa shape index (κ3) is 1.28. The van der Waals surface area contributed by atoms with E-state index in [9.17, 15) is 9.90 Å². The second-order valence-electron chi connectivity index (χ2n) is 4.29. The normalized spacial score (nSPS) is 42.4. The summed E-state index contributed by atoms with van der Waals surface area (Å²) in [5.41, 5.74) is -0.920. The van der Waals surface area contributed by atoms with E-state index in [0.717, 1.165) is 38.0 Å². The number of aliphatic hydroxyl groups is 1. The molecule has 0 unspecified atom stereocenters. The minimum atomic E-state index is -0.920. The van der Waals surface area contributed by atoms with Gasteiger partial charge in [0, 0.05) is 6.42 Å². The summed E-state index contributed by atoms with van der Waals surface area (Å²) >= 11 is 0. The summed E-state index contributed by atoms with van der Waals surface area (Å²) < 4.78 is 0. The van der Waals surface area contributed by atoms with Gasteiger partial charge in [-0.05, 0) is 38.0 Å². The first-order chi connectivity index (χ1) is 5.71. The van der Waals surface area contributed by atoms with E-state index < -0.39 is 5.60 Å². The Balaban J connectivity index is 2.16. The summed E-state index contributed by atoms with van der Waals surface area (Å²) in [6, 6.07) is 0. The maximum atomic E-state index is 11.5. The molecule has 0 aliphatic heterocycles. The molecule has 0 heterocycles. The van der Waals surface area contributed by atoms with Crippen LogP contribution in [0.3, 0.4) is 0 Å². The van der Waals surface area contributed by atoms with E-state index >= 15 is 0 Å². The van der Waals surface area contributed by atoms with Crippen LogP contribution < -0.4 is 0 Å². The van der Waals surface area contributed by atoms with Crippen LogP contribution >= 0.6 is 0 Å². The number of Topliss-reactive ketones (excluding diaryl/α,β-unsaturated/α-hetero) is 1. The fraction of sp³-hybridized carbons (Fsp3) is 0.900. The third-order valence-corrected chi connectivity index (χ3v) is 3.47. The van der Waals surface area contributed by atoms with Crippen molar-refractivity contribution in [2.45, 2.75) is 50.5 Å². The smallest absolute Gasteiger partial charge is 0.164 e. The Kier molecular flexibility index (Phi) is 1.95. The van der Waals surface area contributed by atoms with Gasteiger partial charge in [-0.1, -0.05) is 6.42 Å². The van der Waals surface area contributed by atoms with Gasteiger partial charge in [-0.3, -0.25) is 4.79 Å². The monoisotopic (exact) mass is 168 g/mol. The minimum absolute atomic E-state index is 0.0978. The van der Waals surface area contributed by atoms with Crippen molar-refractivity contribution in [3.8, 4) is 0 Å². The van der Waals surface area contributed by atoms with Gasteiger partial charge in [-0.15, -0.1) is 0 Å². The van der Waals surface area contributed by atoms with Crippen molar-refractivity contribution in [1.29, 1.82) is 0 Å². The molecule has 2 nitrogen and oxygen atoms in total. The number of carbonyl (C=O) groups is 1. The maximum Gasteiger partial charge on any atom is 0.164 e. The molecule has 0 aromatic carbocycles. The highest BCUT2D eigenvalue weighted by molar-refractivity contribution is 5.87. The first-order valence-electron chi connectivity index (χ1n) is 4.96. The van der Waals surface area contributed by atoms with Crippen LogP contribution in [-0.4, -0.2) is 16.5 Å². The number of ketones is 1. The molecule has 3 aliphatic rings. The Morgan fingerprint density at radius 1 is 1.25 bits per heavy atom. The van der Waals surface area contributed by atoms with Gasteiger partial charge in [0.2, 0.25) is 0 Å². The van der Waals surface area contributed by atoms with E-state index in [1.807, 2.05) is 0 Å². The molecule has 3 fully saturated rings. The highest BCUT2D eigenvalue weighted by Gasteiger charge is 2.40. The molecule has 0 atom stereocenters. The number of fused-ring (bicyclic) bond motifs is 5. The Morgan fingerprint density at radius 2 is 1.92 bits per heavy atom. The first kappa shape index (κ1) is 8.24. The van der Waals surface area contributed by atoms with Gasteiger partial charge < -0.3 is 5.11 Å². The van der Waals surface area contributed by atoms with Crippen molar-refractivity contribution in [2.24, 2.45) is 5.92 Å². The predicted molar refractivity (Wildman–Crippen MR) is 45.8 cm³/mol. The van der Waals surface area contributed by atoms with Crippen LogP contribution in [0.15, 0.2) is 0 Å². The molecular formula is C10H16O2. The van der Waals surface area contributed by atoms with E-state index in [0.29, 0.717) is 6.42 Å². The van der Waals surface area contributed by atoms with Crippen molar-refractivity contribution in [3.63, 3.8) is 0 Å². The molecule has 0 spiro atoms. The fourth-order valence-electron chi connectivity index (χ4n) is 2.51. The van der Waals surface area contributed by atoms with Crippen LogP contribution in [0.5, 0.6) is 0 Å². The SMILES string of the molecule is O=C1CCCC2CCC1(O)CC2. The molecule has 12 heavy (non-hydrogen) atoms. The summed E-state index contributed by atoms with van der Waals surface area (Å²) in [6.07, 6.45) is 6.35. The molecule has 0 radical (unpaired) electrons. The maximum absolute atomic E-state index is 11.5. The number of hydrogen-bond acceptors (Lipinski definition) is 2. The van der Waals surface area contributed by atoms with Gasteiger partial charge in [-0.25, -0.2) is 0 Å². The number of hydrogen-bond donors (Lipinski definition) is 1. The Bertz CT molecular complexity index is 190. The average Bonchev–Trinajstić information content (AvgIpc) is 2.06. The molecule has 3 saturated carbocycles. The quantitative estimate of drug-likeness (QED) is 0.597. The highest BCUT2D eigenvalue weighted by Crippen LogP contribution is 2.38. The molecule has 0 aromatic rings. The van der Waals surface area contributed by atoms with E-state index in [2.05, 4.69) is 0 Å². The number of carbonyl (C=O) groups excluding carboxylic acids is 1. The lowest BCUT2D eigenvalue weighted by Gasteiger charge is -2.37. The highest BCUT2D eigenvalue weighted by atomic mass is 16.3. The lowest BCUT2D eigenvalue weighted by Crippen LogP contribution is -2.43. The Labute approximate surface area is 73.0 Å². The zero-order chi connectivity index (χ0) is 8.60. The Hall–Kier alpha value is -0.370. The molecule has 3 aliphatic carbocycles. The van der Waals surface area contributed by atoms with Crippen LogP contribution in [0, 0.1) is 5.92 Å². The topological polar surface area (TPSA) is 37.3 Å². The molecule has 2 heteroatoms. The zero-order valence-corrected chi connectivity index (χ0v) is 7.38. The second-order valence-corrected chi connectivity index (χ2v) is 4.29. The summed E-state index contributed by atoms with van der Waals surface area (Å²) in [7, 11) is 0. The van der Waals surface area contributed by atoms with Crippen LogP contribution in [0.4, 0.5) is 0 Å². The largest absolute Gasteiger partial charge is 0.382 e. The summed E-state index contributed by atoms with van der Waals surface area (Å²) in [5, 5.41) is 9.94. The van der Waals surface area contributed by atoms with Crippen molar-refractivity contribution < 1.29 is 9.90 Å². The summed E-state index contributed by atoms with van der Waals surface area (Å²) in [5.74, 6) is 0.888. The Morgan fingerprint density at radius 3 is 2.58 bits per heavy atom. The van der Waals surface area contributed by atoms with Crippen LogP contribution in [-0.2, 0) is 4.79 Å². The van der Waals surface area contributed by atoms with Gasteiger partial charge in [0.05, 0.1) is 0 Å². The van der Waals surface area contributed by atoms with Crippen LogP contribution in [0.25, 0.3) is 0 Å². The second kappa shape index (κ2) is 2.84. The molecule has 2 bridgehead atoms. The molecule has 1 N–H and O–H groups in total. The van der Waals surface area contributed by atoms with Crippen molar-refractivity contribution >= 4 is 5.78 Å². The van der Waals surface area contributed by atoms with E-state index in [-0.39, 0.29) is 5.78 Å². The van der Waals surface area contributed by atoms with Gasteiger partial charge in [0.15, 0.2) is 5.78 Å². The van der Waals surface area contributed by atoms with Gasteiger partial charge in [0.25, 0.3) is 0 Å². The van der Waals surface area contributed by atoms with E-state index in [1.54, 1.807) is 0 Å². The van der Waals surface area contributed by atoms with Crippen molar-refractivity contribution in [2.75, 3.05) is 0 Å². The van der Waals surface area contributed by atoms with Gasteiger partial charge in [0.1, 0.15) is 5.60 Å². The lowest BCUT2D eigenvalue weighted by atomic mass is 9.71. The van der Waals surface area contributed by atoms with Crippen LogP contribution in [0.2, 0.25) is 0 Å². The lowest BCUT2D eigenvalue weighted by molar-refractivity contribution is -0.143. The standard InChI is InChI=1S/C10H16O2/c11-9-3-1-2-8-4-6-10(9,12)7-5-8/h8,12H,1-7H2. The summed E-state index contributed by atoms with van der Waals surface area (Å²) in [6.45, 7) is 0. The van der Waals surface area contributed by atoms with Gasteiger partial charge >= 0.3 is 0 Å². The average molecular weight is 168 g/mol. The minimum Gasteiger partial charge on any atom is -0.382 e. The van der Waals surface area contributed by atoms with Gasteiger partial charge in [-0.2, -0.15) is 0 Å². The molecule has 0 amide bonds. The molecular weight excluding hydrogens is 152 g/mol. The molecule has 68 valence electrons. The number of rotatable bonds is 0. The first-order valence-corrected chi connectivity index (χ1v) is 4.96. The van der Waals surface area contributed by atoms with Crippen molar-refractivity contribution in [3.05, 3.63) is 0 Å². The third-order valence-electron chi connectivity index (χ3n) is 3.47. The molecule has 0 saturated heterocycles.